The SMILES string of the molecule is Cc1ccc(CN2C(=O)COc3ccc(NC(=O)C(C)(C)C)cc32)cc1. The smallest absolute Gasteiger partial charge is 0.265 e. The molecule has 1 N–H and O–H groups in total. The molecular weight excluding hydrogens is 328 g/mol. The zero-order chi connectivity index (χ0) is 18.9. The number of anilines is 2. The molecule has 2 amide bonds. The predicted molar refractivity (Wildman–Crippen MR) is 102 cm³/mol. The van der Waals surface area contributed by atoms with Crippen LogP contribution in [0.15, 0.2) is 42.5 Å². The molecule has 136 valence electrons. The monoisotopic (exact) mass is 352 g/mol. The summed E-state index contributed by atoms with van der Waals surface area (Å²) in [5, 5.41) is 2.91. The first kappa shape index (κ1) is 18.0. The predicted octanol–water partition coefficient (Wildman–Crippen LogP) is 3.91. The molecule has 0 bridgehead atoms. The molecule has 0 unspecified atom stereocenters. The third-order valence-corrected chi connectivity index (χ3v) is 4.30. The molecule has 1 aliphatic rings. The Labute approximate surface area is 154 Å². The first-order valence-electron chi connectivity index (χ1n) is 8.68. The second-order valence-corrected chi connectivity index (χ2v) is 7.64. The van der Waals surface area contributed by atoms with E-state index < -0.39 is 5.41 Å². The highest BCUT2D eigenvalue weighted by molar-refractivity contribution is 6.00. The molecule has 5 heteroatoms. The number of amides is 2. The Hall–Kier alpha value is -2.82. The van der Waals surface area contributed by atoms with Crippen molar-refractivity contribution >= 4 is 23.2 Å². The van der Waals surface area contributed by atoms with Gasteiger partial charge >= 0.3 is 0 Å². The number of nitrogens with zero attached hydrogens (tertiary/aromatic N) is 1. The average molecular weight is 352 g/mol. The highest BCUT2D eigenvalue weighted by Crippen LogP contribution is 2.36. The normalized spacial score (nSPS) is 13.8. The number of aryl methyl sites for hydroxylation is 1. The lowest BCUT2D eigenvalue weighted by Gasteiger charge is -2.30. The van der Waals surface area contributed by atoms with Gasteiger partial charge in [0.25, 0.3) is 5.91 Å². The van der Waals surface area contributed by atoms with Crippen LogP contribution >= 0.6 is 0 Å². The second-order valence-electron chi connectivity index (χ2n) is 7.64. The first-order valence-corrected chi connectivity index (χ1v) is 8.68. The van der Waals surface area contributed by atoms with E-state index in [2.05, 4.69) is 5.32 Å². The molecule has 0 spiro atoms. The summed E-state index contributed by atoms with van der Waals surface area (Å²) < 4.78 is 5.55. The topological polar surface area (TPSA) is 58.6 Å². The lowest BCUT2D eigenvalue weighted by Crippen LogP contribution is -2.38. The molecule has 0 aromatic heterocycles. The Bertz CT molecular complexity index is 835. The van der Waals surface area contributed by atoms with Gasteiger partial charge in [0.2, 0.25) is 5.91 Å². The van der Waals surface area contributed by atoms with Gasteiger partial charge in [-0.3, -0.25) is 9.59 Å². The van der Waals surface area contributed by atoms with Crippen LogP contribution in [0.25, 0.3) is 0 Å². The van der Waals surface area contributed by atoms with Crippen molar-refractivity contribution in [1.29, 1.82) is 0 Å². The van der Waals surface area contributed by atoms with Crippen molar-refractivity contribution < 1.29 is 14.3 Å². The second kappa shape index (κ2) is 6.83. The van der Waals surface area contributed by atoms with E-state index in [1.165, 1.54) is 5.56 Å². The Morgan fingerprint density at radius 3 is 2.50 bits per heavy atom. The van der Waals surface area contributed by atoms with Crippen LogP contribution < -0.4 is 15.0 Å². The number of carbonyl (C=O) groups excluding carboxylic acids is 2. The molecule has 0 saturated heterocycles. The largest absolute Gasteiger partial charge is 0.482 e. The van der Waals surface area contributed by atoms with Crippen molar-refractivity contribution in [3.05, 3.63) is 53.6 Å². The standard InChI is InChI=1S/C21H24N2O3/c1-14-5-7-15(8-6-14)12-23-17-11-16(22-20(25)21(2,3)4)9-10-18(17)26-13-19(23)24/h5-11H,12-13H2,1-4H3,(H,22,25). The van der Waals surface area contributed by atoms with Crippen LogP contribution in [-0.2, 0) is 16.1 Å². The minimum absolute atomic E-state index is 0.0204. The van der Waals surface area contributed by atoms with Crippen LogP contribution in [0.4, 0.5) is 11.4 Å². The van der Waals surface area contributed by atoms with Gasteiger partial charge in [0.1, 0.15) is 5.75 Å². The van der Waals surface area contributed by atoms with Crippen molar-refractivity contribution in [1.82, 2.24) is 0 Å². The van der Waals surface area contributed by atoms with Gasteiger partial charge in [0.05, 0.1) is 12.2 Å². The number of nitrogens with one attached hydrogen (secondary N) is 1. The number of rotatable bonds is 3. The molecule has 0 aliphatic carbocycles. The molecule has 2 aromatic carbocycles. The van der Waals surface area contributed by atoms with E-state index in [0.717, 1.165) is 5.56 Å². The van der Waals surface area contributed by atoms with Crippen molar-refractivity contribution in [2.75, 3.05) is 16.8 Å². The van der Waals surface area contributed by atoms with E-state index in [1.807, 2.05) is 52.0 Å². The minimum atomic E-state index is -0.496. The van der Waals surface area contributed by atoms with Gasteiger partial charge in [-0.05, 0) is 30.7 Å². The molecule has 5 nitrogen and oxygen atoms in total. The summed E-state index contributed by atoms with van der Waals surface area (Å²) in [6.07, 6.45) is 0. The van der Waals surface area contributed by atoms with Crippen LogP contribution in [-0.4, -0.2) is 18.4 Å². The Morgan fingerprint density at radius 2 is 1.85 bits per heavy atom. The molecular formula is C21H24N2O3. The molecule has 1 heterocycles. The summed E-state index contributed by atoms with van der Waals surface area (Å²) in [5.41, 5.74) is 3.05. The van der Waals surface area contributed by atoms with Gasteiger partial charge < -0.3 is 15.0 Å². The van der Waals surface area contributed by atoms with Gasteiger partial charge in [0, 0.05) is 11.1 Å². The summed E-state index contributed by atoms with van der Waals surface area (Å²) in [5.74, 6) is 0.466. The highest BCUT2D eigenvalue weighted by Gasteiger charge is 2.27. The Kier molecular flexibility index (Phi) is 4.72. The summed E-state index contributed by atoms with van der Waals surface area (Å²) in [4.78, 5) is 26.4. The number of fused-ring (bicyclic) bond motifs is 1. The summed E-state index contributed by atoms with van der Waals surface area (Å²) in [6.45, 7) is 8.09. The maximum atomic E-state index is 12.4. The fourth-order valence-corrected chi connectivity index (χ4v) is 2.65. The highest BCUT2D eigenvalue weighted by atomic mass is 16.5. The van der Waals surface area contributed by atoms with Crippen molar-refractivity contribution in [2.45, 2.75) is 34.2 Å². The Morgan fingerprint density at radius 1 is 1.15 bits per heavy atom. The minimum Gasteiger partial charge on any atom is -0.482 e. The Balaban J connectivity index is 1.89. The van der Waals surface area contributed by atoms with E-state index in [1.54, 1.807) is 23.1 Å². The number of ether oxygens (including phenoxy) is 1. The first-order chi connectivity index (χ1) is 12.2. The van der Waals surface area contributed by atoms with E-state index in [-0.39, 0.29) is 18.4 Å². The lowest BCUT2D eigenvalue weighted by atomic mass is 9.95. The lowest BCUT2D eigenvalue weighted by molar-refractivity contribution is -0.123. The maximum Gasteiger partial charge on any atom is 0.265 e. The van der Waals surface area contributed by atoms with Crippen molar-refractivity contribution in [2.24, 2.45) is 5.41 Å². The van der Waals surface area contributed by atoms with Gasteiger partial charge in [-0.1, -0.05) is 50.6 Å². The summed E-state index contributed by atoms with van der Waals surface area (Å²) in [6, 6.07) is 13.5. The van der Waals surface area contributed by atoms with Gasteiger partial charge in [-0.15, -0.1) is 0 Å². The number of benzene rings is 2. The number of carbonyl (C=O) groups is 2. The zero-order valence-corrected chi connectivity index (χ0v) is 15.6. The molecule has 0 fully saturated rings. The van der Waals surface area contributed by atoms with Crippen LogP contribution in [0.5, 0.6) is 5.75 Å². The van der Waals surface area contributed by atoms with E-state index in [9.17, 15) is 9.59 Å². The van der Waals surface area contributed by atoms with Crippen molar-refractivity contribution in [3.63, 3.8) is 0 Å². The van der Waals surface area contributed by atoms with Gasteiger partial charge in [-0.2, -0.15) is 0 Å². The molecule has 0 radical (unpaired) electrons. The van der Waals surface area contributed by atoms with Crippen LogP contribution in [0, 0.1) is 12.3 Å². The quantitative estimate of drug-likeness (QED) is 0.911. The fourth-order valence-electron chi connectivity index (χ4n) is 2.65. The summed E-state index contributed by atoms with van der Waals surface area (Å²) in [7, 11) is 0. The molecule has 26 heavy (non-hydrogen) atoms. The van der Waals surface area contributed by atoms with Crippen LogP contribution in [0.1, 0.15) is 31.9 Å². The molecule has 0 atom stereocenters. The van der Waals surface area contributed by atoms with Crippen molar-refractivity contribution in [3.8, 4) is 5.75 Å². The van der Waals surface area contributed by atoms with Crippen LogP contribution in [0.3, 0.4) is 0 Å². The number of hydrogen-bond donors (Lipinski definition) is 1. The van der Waals surface area contributed by atoms with Crippen LogP contribution in [0.2, 0.25) is 0 Å². The third-order valence-electron chi connectivity index (χ3n) is 4.30. The zero-order valence-electron chi connectivity index (χ0n) is 15.6. The molecule has 3 rings (SSSR count). The third kappa shape index (κ3) is 3.87. The fraction of sp³-hybridized carbons (Fsp3) is 0.333. The number of hydrogen-bond acceptors (Lipinski definition) is 3. The molecule has 1 aliphatic heterocycles. The molecule has 2 aromatic rings. The molecule has 0 saturated carbocycles. The van der Waals surface area contributed by atoms with Gasteiger partial charge in [0.15, 0.2) is 6.61 Å². The van der Waals surface area contributed by atoms with E-state index in [4.69, 9.17) is 4.74 Å². The van der Waals surface area contributed by atoms with E-state index in [0.29, 0.717) is 23.7 Å². The average Bonchev–Trinajstić information content (AvgIpc) is 2.58. The van der Waals surface area contributed by atoms with E-state index >= 15 is 0 Å². The summed E-state index contributed by atoms with van der Waals surface area (Å²) >= 11 is 0. The van der Waals surface area contributed by atoms with Gasteiger partial charge in [-0.25, -0.2) is 0 Å². The maximum absolute atomic E-state index is 12.4.